The fourth-order valence-corrected chi connectivity index (χ4v) is 1.18. The van der Waals surface area contributed by atoms with E-state index in [1.807, 2.05) is 6.07 Å². The number of pyridine rings is 1. The van der Waals surface area contributed by atoms with Gasteiger partial charge in [-0.15, -0.1) is 0 Å². The van der Waals surface area contributed by atoms with Gasteiger partial charge in [0, 0.05) is 12.4 Å². The smallest absolute Gasteiger partial charge is 0.0621 e. The number of aryl methyl sites for hydroxylation is 1. The SMILES string of the molecule is SCCc1ccncc1Cl. The van der Waals surface area contributed by atoms with E-state index in [4.69, 9.17) is 11.6 Å². The van der Waals surface area contributed by atoms with Crippen LogP contribution in [0.2, 0.25) is 5.02 Å². The van der Waals surface area contributed by atoms with E-state index < -0.39 is 0 Å². The molecule has 3 heteroatoms. The fraction of sp³-hybridized carbons (Fsp3) is 0.286. The minimum atomic E-state index is 0.733. The minimum Gasteiger partial charge on any atom is -0.263 e. The third-order valence-electron chi connectivity index (χ3n) is 1.24. The van der Waals surface area contributed by atoms with Crippen LogP contribution in [-0.2, 0) is 6.42 Å². The summed E-state index contributed by atoms with van der Waals surface area (Å²) < 4.78 is 0. The molecule has 10 heavy (non-hydrogen) atoms. The molecule has 0 atom stereocenters. The molecular weight excluding hydrogens is 166 g/mol. The Bertz CT molecular complexity index is 215. The van der Waals surface area contributed by atoms with Gasteiger partial charge >= 0.3 is 0 Å². The Morgan fingerprint density at radius 1 is 1.60 bits per heavy atom. The van der Waals surface area contributed by atoms with E-state index in [2.05, 4.69) is 17.6 Å². The van der Waals surface area contributed by atoms with E-state index in [1.165, 1.54) is 0 Å². The molecule has 1 rings (SSSR count). The van der Waals surface area contributed by atoms with Gasteiger partial charge in [-0.1, -0.05) is 11.6 Å². The number of hydrogen-bond acceptors (Lipinski definition) is 2. The van der Waals surface area contributed by atoms with E-state index in [-0.39, 0.29) is 0 Å². The van der Waals surface area contributed by atoms with Crippen LogP contribution >= 0.6 is 24.2 Å². The maximum Gasteiger partial charge on any atom is 0.0621 e. The highest BCUT2D eigenvalue weighted by atomic mass is 35.5. The summed E-state index contributed by atoms with van der Waals surface area (Å²) in [5.74, 6) is 0.823. The predicted octanol–water partition coefficient (Wildman–Crippen LogP) is 2.21. The molecule has 0 aliphatic rings. The molecule has 1 heterocycles. The molecule has 0 radical (unpaired) electrons. The molecule has 0 aliphatic carbocycles. The molecule has 0 amide bonds. The van der Waals surface area contributed by atoms with Crippen molar-refractivity contribution in [1.82, 2.24) is 4.98 Å². The lowest BCUT2D eigenvalue weighted by Gasteiger charge is -1.98. The summed E-state index contributed by atoms with van der Waals surface area (Å²) in [7, 11) is 0. The van der Waals surface area contributed by atoms with Crippen molar-refractivity contribution in [3.05, 3.63) is 29.0 Å². The van der Waals surface area contributed by atoms with Crippen LogP contribution in [-0.4, -0.2) is 10.7 Å². The molecule has 1 aromatic rings. The summed E-state index contributed by atoms with van der Waals surface area (Å²) in [6, 6.07) is 1.92. The Morgan fingerprint density at radius 2 is 2.40 bits per heavy atom. The van der Waals surface area contributed by atoms with Crippen LogP contribution in [0, 0.1) is 0 Å². The summed E-state index contributed by atoms with van der Waals surface area (Å²) in [5.41, 5.74) is 1.12. The lowest BCUT2D eigenvalue weighted by atomic mass is 10.2. The highest BCUT2D eigenvalue weighted by molar-refractivity contribution is 7.80. The molecule has 0 unspecified atom stereocenters. The first kappa shape index (κ1) is 7.89. The van der Waals surface area contributed by atoms with Gasteiger partial charge in [-0.25, -0.2) is 0 Å². The molecule has 1 nitrogen and oxygen atoms in total. The number of thiol groups is 1. The molecule has 0 spiro atoms. The largest absolute Gasteiger partial charge is 0.263 e. The Kier molecular flexibility index (Phi) is 3.03. The number of hydrogen-bond donors (Lipinski definition) is 1. The first-order valence-corrected chi connectivity index (χ1v) is 4.05. The maximum atomic E-state index is 5.81. The highest BCUT2D eigenvalue weighted by Crippen LogP contribution is 2.13. The third kappa shape index (κ3) is 1.89. The van der Waals surface area contributed by atoms with E-state index >= 15 is 0 Å². The van der Waals surface area contributed by atoms with Gasteiger partial charge in [0.25, 0.3) is 0 Å². The quantitative estimate of drug-likeness (QED) is 0.677. The Hall–Kier alpha value is -0.210. The second-order valence-electron chi connectivity index (χ2n) is 1.94. The second kappa shape index (κ2) is 3.84. The van der Waals surface area contributed by atoms with Crippen molar-refractivity contribution in [3.8, 4) is 0 Å². The van der Waals surface area contributed by atoms with Crippen LogP contribution in [0.3, 0.4) is 0 Å². The van der Waals surface area contributed by atoms with Crippen LogP contribution in [0.5, 0.6) is 0 Å². The van der Waals surface area contributed by atoms with E-state index in [1.54, 1.807) is 12.4 Å². The predicted molar refractivity (Wildman–Crippen MR) is 46.8 cm³/mol. The number of nitrogens with zero attached hydrogens (tertiary/aromatic N) is 1. The minimum absolute atomic E-state index is 0.733. The molecule has 0 N–H and O–H groups in total. The molecule has 1 aromatic heterocycles. The molecule has 0 saturated heterocycles. The van der Waals surface area contributed by atoms with Crippen molar-refractivity contribution in [2.75, 3.05) is 5.75 Å². The van der Waals surface area contributed by atoms with Gasteiger partial charge in [-0.05, 0) is 23.8 Å². The average Bonchev–Trinajstić information content (AvgIpc) is 1.94. The fourth-order valence-electron chi connectivity index (χ4n) is 0.727. The summed E-state index contributed by atoms with van der Waals surface area (Å²) in [6.45, 7) is 0. The topological polar surface area (TPSA) is 12.9 Å². The molecule has 0 aliphatic heterocycles. The first-order valence-electron chi connectivity index (χ1n) is 3.04. The lowest BCUT2D eigenvalue weighted by molar-refractivity contribution is 1.14. The zero-order chi connectivity index (χ0) is 7.40. The second-order valence-corrected chi connectivity index (χ2v) is 2.80. The molecule has 0 fully saturated rings. The Morgan fingerprint density at radius 3 is 3.00 bits per heavy atom. The van der Waals surface area contributed by atoms with Gasteiger partial charge in [0.15, 0.2) is 0 Å². The van der Waals surface area contributed by atoms with Crippen molar-refractivity contribution in [2.45, 2.75) is 6.42 Å². The molecule has 0 saturated carbocycles. The average molecular weight is 174 g/mol. The van der Waals surface area contributed by atoms with E-state index in [0.717, 1.165) is 22.8 Å². The first-order chi connectivity index (χ1) is 4.84. The third-order valence-corrected chi connectivity index (χ3v) is 1.80. The van der Waals surface area contributed by atoms with Gasteiger partial charge in [0.05, 0.1) is 5.02 Å². The van der Waals surface area contributed by atoms with Crippen LogP contribution < -0.4 is 0 Å². The maximum absolute atomic E-state index is 5.81. The normalized spacial score (nSPS) is 9.80. The summed E-state index contributed by atoms with van der Waals surface area (Å²) >= 11 is 9.91. The molecular formula is C7H8ClNS. The van der Waals surface area contributed by atoms with Crippen LogP contribution in [0.4, 0.5) is 0 Å². The van der Waals surface area contributed by atoms with Crippen LogP contribution in [0.25, 0.3) is 0 Å². The lowest BCUT2D eigenvalue weighted by Crippen LogP contribution is -1.87. The standard InChI is InChI=1S/C7H8ClNS/c8-7-5-9-3-1-6(7)2-4-10/h1,3,5,10H,2,4H2. The van der Waals surface area contributed by atoms with E-state index in [9.17, 15) is 0 Å². The molecule has 54 valence electrons. The van der Waals surface area contributed by atoms with Gasteiger partial charge in [-0.3, -0.25) is 4.98 Å². The van der Waals surface area contributed by atoms with Crippen molar-refractivity contribution < 1.29 is 0 Å². The van der Waals surface area contributed by atoms with Gasteiger partial charge in [0.2, 0.25) is 0 Å². The number of rotatable bonds is 2. The van der Waals surface area contributed by atoms with Gasteiger partial charge < -0.3 is 0 Å². The number of aromatic nitrogens is 1. The molecule has 0 aromatic carbocycles. The highest BCUT2D eigenvalue weighted by Gasteiger charge is 1.95. The van der Waals surface area contributed by atoms with Crippen molar-refractivity contribution in [1.29, 1.82) is 0 Å². The van der Waals surface area contributed by atoms with Crippen LogP contribution in [0.1, 0.15) is 5.56 Å². The van der Waals surface area contributed by atoms with Crippen molar-refractivity contribution in [3.63, 3.8) is 0 Å². The zero-order valence-corrected chi connectivity index (χ0v) is 7.07. The van der Waals surface area contributed by atoms with Gasteiger partial charge in [-0.2, -0.15) is 12.6 Å². The Balaban J connectivity index is 2.81. The summed E-state index contributed by atoms with van der Waals surface area (Å²) in [4.78, 5) is 3.87. The van der Waals surface area contributed by atoms with Gasteiger partial charge in [0.1, 0.15) is 0 Å². The monoisotopic (exact) mass is 173 g/mol. The summed E-state index contributed by atoms with van der Waals surface area (Å²) in [5, 5.41) is 0.733. The van der Waals surface area contributed by atoms with Crippen LogP contribution in [0.15, 0.2) is 18.5 Å². The summed E-state index contributed by atoms with van der Waals surface area (Å²) in [6.07, 6.45) is 4.30. The Labute approximate surface area is 70.8 Å². The zero-order valence-electron chi connectivity index (χ0n) is 5.42. The van der Waals surface area contributed by atoms with Crippen molar-refractivity contribution >= 4 is 24.2 Å². The molecule has 0 bridgehead atoms. The van der Waals surface area contributed by atoms with Crippen molar-refractivity contribution in [2.24, 2.45) is 0 Å². The number of halogens is 1. The van der Waals surface area contributed by atoms with E-state index in [0.29, 0.717) is 0 Å².